The number of nitriles is 1. The van der Waals surface area contributed by atoms with Crippen LogP contribution in [0, 0.1) is 11.3 Å². The van der Waals surface area contributed by atoms with Crippen molar-refractivity contribution >= 4 is 21.6 Å². The van der Waals surface area contributed by atoms with Crippen LogP contribution in [0.15, 0.2) is 53.0 Å². The van der Waals surface area contributed by atoms with Crippen LogP contribution < -0.4 is 4.90 Å². The van der Waals surface area contributed by atoms with E-state index in [9.17, 15) is 5.26 Å². The van der Waals surface area contributed by atoms with E-state index in [2.05, 4.69) is 45.1 Å². The van der Waals surface area contributed by atoms with Crippen LogP contribution in [0.4, 0.5) is 5.69 Å². The van der Waals surface area contributed by atoms with Gasteiger partial charge in [-0.1, -0.05) is 36.4 Å². The lowest BCUT2D eigenvalue weighted by atomic mass is 9.93. The number of hydrogen-bond donors (Lipinski definition) is 0. The second-order valence-corrected chi connectivity index (χ2v) is 5.48. The van der Waals surface area contributed by atoms with E-state index < -0.39 is 0 Å². The smallest absolute Gasteiger partial charge is 0.142 e. The Hall–Kier alpha value is -1.79. The molecule has 0 spiro atoms. The largest absolute Gasteiger partial charge is 0.351 e. The first kappa shape index (κ1) is 12.3. The molecule has 1 heterocycles. The Balaban J connectivity index is 2.07. The molecule has 94 valence electrons. The Kier molecular flexibility index (Phi) is 3.27. The van der Waals surface area contributed by atoms with Gasteiger partial charge in [0.05, 0.1) is 11.8 Å². The molecule has 3 rings (SSSR count). The summed E-state index contributed by atoms with van der Waals surface area (Å²) in [6.45, 7) is 0.873. The molecule has 2 aromatic rings. The van der Waals surface area contributed by atoms with Gasteiger partial charge in [-0.3, -0.25) is 0 Å². The van der Waals surface area contributed by atoms with E-state index in [4.69, 9.17) is 0 Å². The molecule has 1 unspecified atom stereocenters. The summed E-state index contributed by atoms with van der Waals surface area (Å²) in [7, 11) is 0. The van der Waals surface area contributed by atoms with Gasteiger partial charge in [0.1, 0.15) is 6.04 Å². The lowest BCUT2D eigenvalue weighted by Gasteiger charge is -2.35. The molecule has 0 bridgehead atoms. The van der Waals surface area contributed by atoms with Crippen LogP contribution in [-0.2, 0) is 6.42 Å². The number of anilines is 1. The van der Waals surface area contributed by atoms with Gasteiger partial charge in [0.2, 0.25) is 0 Å². The number of benzene rings is 2. The van der Waals surface area contributed by atoms with Crippen molar-refractivity contribution in [2.75, 3.05) is 11.4 Å². The zero-order chi connectivity index (χ0) is 13.2. The molecular weight excluding hydrogens is 300 g/mol. The monoisotopic (exact) mass is 312 g/mol. The molecule has 2 aromatic carbocycles. The van der Waals surface area contributed by atoms with Crippen LogP contribution in [0.3, 0.4) is 0 Å². The first-order chi connectivity index (χ1) is 9.31. The fourth-order valence-corrected chi connectivity index (χ4v) is 3.16. The maximum atomic E-state index is 9.55. The summed E-state index contributed by atoms with van der Waals surface area (Å²) in [4.78, 5) is 2.17. The van der Waals surface area contributed by atoms with Crippen molar-refractivity contribution in [3.8, 4) is 6.07 Å². The van der Waals surface area contributed by atoms with Crippen LogP contribution in [-0.4, -0.2) is 6.54 Å². The van der Waals surface area contributed by atoms with Gasteiger partial charge in [-0.25, -0.2) is 0 Å². The van der Waals surface area contributed by atoms with Crippen LogP contribution in [0.2, 0.25) is 0 Å². The van der Waals surface area contributed by atoms with E-state index >= 15 is 0 Å². The molecule has 0 saturated carbocycles. The summed E-state index contributed by atoms with van der Waals surface area (Å²) in [6.07, 6.45) is 0.982. The van der Waals surface area contributed by atoms with Crippen LogP contribution in [0.1, 0.15) is 17.2 Å². The predicted octanol–water partition coefficient (Wildman–Crippen LogP) is 4.08. The normalized spacial score (nSPS) is 17.7. The van der Waals surface area contributed by atoms with E-state index in [1.807, 2.05) is 30.3 Å². The molecule has 0 radical (unpaired) electrons. The molecule has 0 saturated heterocycles. The molecule has 0 aromatic heterocycles. The van der Waals surface area contributed by atoms with Gasteiger partial charge in [-0.2, -0.15) is 5.26 Å². The first-order valence-corrected chi connectivity index (χ1v) is 7.09. The maximum Gasteiger partial charge on any atom is 0.142 e. The summed E-state index contributed by atoms with van der Waals surface area (Å²) in [5, 5.41) is 9.55. The van der Waals surface area contributed by atoms with Gasteiger partial charge < -0.3 is 4.90 Å². The number of halogens is 1. The summed E-state index contributed by atoms with van der Waals surface area (Å²) >= 11 is 3.58. The van der Waals surface area contributed by atoms with Crippen molar-refractivity contribution in [2.45, 2.75) is 12.5 Å². The minimum absolute atomic E-state index is 0.205. The van der Waals surface area contributed by atoms with Crippen molar-refractivity contribution in [3.63, 3.8) is 0 Å². The third kappa shape index (κ3) is 2.13. The van der Waals surface area contributed by atoms with Gasteiger partial charge in [-0.15, -0.1) is 0 Å². The predicted molar refractivity (Wildman–Crippen MR) is 80.0 cm³/mol. The van der Waals surface area contributed by atoms with E-state index in [0.717, 1.165) is 28.7 Å². The Labute approximate surface area is 121 Å². The molecule has 0 amide bonds. The van der Waals surface area contributed by atoms with E-state index in [1.165, 1.54) is 5.56 Å². The molecular formula is C16H13BrN2. The standard InChI is InChI=1S/C16H13BrN2/c17-14-7-3-4-8-15(14)19-10-9-12-5-1-2-6-13(12)16(19)11-18/h1-8,16H,9-10H2. The molecule has 1 aliphatic rings. The lowest BCUT2D eigenvalue weighted by Crippen LogP contribution is -2.34. The molecule has 0 aliphatic carbocycles. The first-order valence-electron chi connectivity index (χ1n) is 6.30. The highest BCUT2D eigenvalue weighted by molar-refractivity contribution is 9.10. The summed E-state index contributed by atoms with van der Waals surface area (Å²) in [5.41, 5.74) is 3.51. The van der Waals surface area contributed by atoms with Gasteiger partial charge in [0.25, 0.3) is 0 Å². The second kappa shape index (κ2) is 5.07. The van der Waals surface area contributed by atoms with Crippen molar-refractivity contribution in [1.82, 2.24) is 0 Å². The quantitative estimate of drug-likeness (QED) is 0.793. The average Bonchev–Trinajstić information content (AvgIpc) is 2.46. The zero-order valence-corrected chi connectivity index (χ0v) is 12.0. The van der Waals surface area contributed by atoms with Crippen LogP contribution in [0.25, 0.3) is 0 Å². The Bertz CT molecular complexity index is 645. The van der Waals surface area contributed by atoms with E-state index in [-0.39, 0.29) is 6.04 Å². The number of para-hydroxylation sites is 1. The van der Waals surface area contributed by atoms with Crippen molar-refractivity contribution < 1.29 is 0 Å². The van der Waals surface area contributed by atoms with Crippen LogP contribution >= 0.6 is 15.9 Å². The van der Waals surface area contributed by atoms with Crippen LogP contribution in [0.5, 0.6) is 0 Å². The fourth-order valence-electron chi connectivity index (χ4n) is 2.65. The zero-order valence-electron chi connectivity index (χ0n) is 10.4. The topological polar surface area (TPSA) is 27.0 Å². The number of nitrogens with zero attached hydrogens (tertiary/aromatic N) is 2. The van der Waals surface area contributed by atoms with Crippen molar-refractivity contribution in [1.29, 1.82) is 5.26 Å². The SMILES string of the molecule is N#CC1c2ccccc2CCN1c1ccccc1Br. The van der Waals surface area contributed by atoms with Gasteiger partial charge in [0.15, 0.2) is 0 Å². The van der Waals surface area contributed by atoms with Gasteiger partial charge in [-0.05, 0) is 45.6 Å². The number of rotatable bonds is 1. The van der Waals surface area contributed by atoms with Crippen molar-refractivity contribution in [3.05, 3.63) is 64.1 Å². The Morgan fingerprint density at radius 3 is 2.63 bits per heavy atom. The number of hydrogen-bond acceptors (Lipinski definition) is 2. The molecule has 3 heteroatoms. The average molecular weight is 313 g/mol. The minimum Gasteiger partial charge on any atom is -0.351 e. The number of fused-ring (bicyclic) bond motifs is 1. The minimum atomic E-state index is -0.205. The third-order valence-electron chi connectivity index (χ3n) is 3.57. The molecule has 1 atom stereocenters. The highest BCUT2D eigenvalue weighted by atomic mass is 79.9. The molecule has 2 nitrogen and oxygen atoms in total. The summed E-state index contributed by atoms with van der Waals surface area (Å²) < 4.78 is 1.04. The second-order valence-electron chi connectivity index (χ2n) is 4.63. The maximum absolute atomic E-state index is 9.55. The van der Waals surface area contributed by atoms with Gasteiger partial charge >= 0.3 is 0 Å². The van der Waals surface area contributed by atoms with E-state index in [0.29, 0.717) is 0 Å². The molecule has 1 aliphatic heterocycles. The highest BCUT2D eigenvalue weighted by Gasteiger charge is 2.27. The Morgan fingerprint density at radius 1 is 1.11 bits per heavy atom. The molecule has 0 fully saturated rings. The lowest BCUT2D eigenvalue weighted by molar-refractivity contribution is 0.675. The summed E-state index contributed by atoms with van der Waals surface area (Å²) in [5.74, 6) is 0. The van der Waals surface area contributed by atoms with Gasteiger partial charge in [0, 0.05) is 11.0 Å². The van der Waals surface area contributed by atoms with Crippen molar-refractivity contribution in [2.24, 2.45) is 0 Å². The molecule has 19 heavy (non-hydrogen) atoms. The highest BCUT2D eigenvalue weighted by Crippen LogP contribution is 2.36. The fraction of sp³-hybridized carbons (Fsp3) is 0.188. The Morgan fingerprint density at radius 2 is 1.84 bits per heavy atom. The molecule has 0 N–H and O–H groups in total. The van der Waals surface area contributed by atoms with E-state index in [1.54, 1.807) is 0 Å². The summed E-state index contributed by atoms with van der Waals surface area (Å²) in [6, 6.07) is 18.5. The third-order valence-corrected chi connectivity index (χ3v) is 4.24.